The lowest BCUT2D eigenvalue weighted by molar-refractivity contribution is -0.144. The first-order chi connectivity index (χ1) is 7.18. The molecule has 0 radical (unpaired) electrons. The van der Waals surface area contributed by atoms with Gasteiger partial charge in [-0.15, -0.1) is 0 Å². The van der Waals surface area contributed by atoms with Gasteiger partial charge < -0.3 is 10.4 Å². The Balaban J connectivity index is 1.91. The largest absolute Gasteiger partial charge is 0.481 e. The van der Waals surface area contributed by atoms with Crippen molar-refractivity contribution in [1.82, 2.24) is 5.32 Å². The Kier molecular flexibility index (Phi) is 2.93. The molecule has 2 aliphatic rings. The molecule has 2 aliphatic carbocycles. The molecule has 0 aromatic rings. The predicted octanol–water partition coefficient (Wildman–Crippen LogP) is 1.16. The summed E-state index contributed by atoms with van der Waals surface area (Å²) >= 11 is 0. The van der Waals surface area contributed by atoms with E-state index in [0.717, 1.165) is 32.1 Å². The fourth-order valence-electron chi connectivity index (χ4n) is 2.25. The summed E-state index contributed by atoms with van der Waals surface area (Å²) < 4.78 is 0. The van der Waals surface area contributed by atoms with Gasteiger partial charge in [0, 0.05) is 12.0 Å². The summed E-state index contributed by atoms with van der Waals surface area (Å²) in [5, 5.41) is 11.9. The molecular formula is C11H17NO3. The Labute approximate surface area is 89.0 Å². The van der Waals surface area contributed by atoms with Crippen LogP contribution >= 0.6 is 0 Å². The molecule has 84 valence electrons. The fourth-order valence-corrected chi connectivity index (χ4v) is 2.25. The average Bonchev–Trinajstić information content (AvgIpc) is 3.01. The van der Waals surface area contributed by atoms with Crippen molar-refractivity contribution in [3.8, 4) is 0 Å². The zero-order chi connectivity index (χ0) is 10.8. The van der Waals surface area contributed by atoms with Crippen LogP contribution in [0.15, 0.2) is 0 Å². The molecule has 2 saturated carbocycles. The average molecular weight is 211 g/mol. The summed E-state index contributed by atoms with van der Waals surface area (Å²) in [6.07, 6.45) is 5.44. The zero-order valence-electron chi connectivity index (χ0n) is 8.74. The number of rotatable bonds is 3. The van der Waals surface area contributed by atoms with Gasteiger partial charge in [-0.1, -0.05) is 12.8 Å². The quantitative estimate of drug-likeness (QED) is 0.736. The lowest BCUT2D eigenvalue weighted by Gasteiger charge is -2.29. The smallest absolute Gasteiger partial charge is 0.308 e. The fraction of sp³-hybridized carbons (Fsp3) is 0.818. The van der Waals surface area contributed by atoms with E-state index in [1.165, 1.54) is 0 Å². The van der Waals surface area contributed by atoms with Crippen molar-refractivity contribution in [2.24, 2.45) is 11.8 Å². The first kappa shape index (κ1) is 10.5. The second-order valence-electron chi connectivity index (χ2n) is 4.62. The van der Waals surface area contributed by atoms with E-state index < -0.39 is 5.97 Å². The van der Waals surface area contributed by atoms with Crippen LogP contribution in [0.25, 0.3) is 0 Å². The molecule has 0 saturated heterocycles. The number of hydrogen-bond donors (Lipinski definition) is 2. The van der Waals surface area contributed by atoms with Gasteiger partial charge in [0.15, 0.2) is 0 Å². The number of amides is 1. The van der Waals surface area contributed by atoms with Crippen molar-refractivity contribution in [3.63, 3.8) is 0 Å². The summed E-state index contributed by atoms with van der Waals surface area (Å²) in [7, 11) is 0. The maximum absolute atomic E-state index is 11.5. The second kappa shape index (κ2) is 4.21. The maximum Gasteiger partial charge on any atom is 0.308 e. The third-order valence-corrected chi connectivity index (χ3v) is 3.36. The van der Waals surface area contributed by atoms with Gasteiger partial charge in [-0.3, -0.25) is 9.59 Å². The maximum atomic E-state index is 11.5. The standard InChI is InChI=1S/C11H17NO3/c13-10(7-5-6-7)12-9-4-2-1-3-8(9)11(14)15/h7-9H,1-6H2,(H,12,13)(H,14,15). The zero-order valence-corrected chi connectivity index (χ0v) is 8.74. The van der Waals surface area contributed by atoms with Crippen LogP contribution in [0.5, 0.6) is 0 Å². The topological polar surface area (TPSA) is 66.4 Å². The van der Waals surface area contributed by atoms with Crippen molar-refractivity contribution in [2.45, 2.75) is 44.6 Å². The molecular weight excluding hydrogens is 194 g/mol. The predicted molar refractivity (Wildman–Crippen MR) is 54.2 cm³/mol. The highest BCUT2D eigenvalue weighted by Gasteiger charge is 2.36. The van der Waals surface area contributed by atoms with Crippen LogP contribution in [-0.2, 0) is 9.59 Å². The Hall–Kier alpha value is -1.06. The molecule has 4 heteroatoms. The number of aliphatic carboxylic acids is 1. The van der Waals surface area contributed by atoms with E-state index in [0.29, 0.717) is 6.42 Å². The first-order valence-corrected chi connectivity index (χ1v) is 5.71. The van der Waals surface area contributed by atoms with Crippen LogP contribution in [0.1, 0.15) is 38.5 Å². The molecule has 15 heavy (non-hydrogen) atoms. The Bertz CT molecular complexity index is 273. The molecule has 1 amide bonds. The van der Waals surface area contributed by atoms with Gasteiger partial charge in [0.1, 0.15) is 0 Å². The van der Waals surface area contributed by atoms with Crippen LogP contribution in [0.3, 0.4) is 0 Å². The van der Waals surface area contributed by atoms with Crippen molar-refractivity contribution in [1.29, 1.82) is 0 Å². The van der Waals surface area contributed by atoms with E-state index in [-0.39, 0.29) is 23.8 Å². The van der Waals surface area contributed by atoms with Gasteiger partial charge in [0.2, 0.25) is 5.91 Å². The molecule has 0 aromatic carbocycles. The number of carboxylic acids is 1. The minimum Gasteiger partial charge on any atom is -0.481 e. The van der Waals surface area contributed by atoms with Crippen molar-refractivity contribution in [3.05, 3.63) is 0 Å². The molecule has 2 N–H and O–H groups in total. The molecule has 0 aliphatic heterocycles. The van der Waals surface area contributed by atoms with Gasteiger partial charge in [-0.25, -0.2) is 0 Å². The molecule has 2 unspecified atom stereocenters. The van der Waals surface area contributed by atoms with E-state index in [1.807, 2.05) is 0 Å². The van der Waals surface area contributed by atoms with Crippen LogP contribution in [0.2, 0.25) is 0 Å². The summed E-state index contributed by atoms with van der Waals surface area (Å²) in [5.41, 5.74) is 0. The van der Waals surface area contributed by atoms with E-state index in [1.54, 1.807) is 0 Å². The van der Waals surface area contributed by atoms with Gasteiger partial charge in [-0.2, -0.15) is 0 Å². The number of nitrogens with one attached hydrogen (secondary N) is 1. The number of carbonyl (C=O) groups excluding carboxylic acids is 1. The van der Waals surface area contributed by atoms with Crippen molar-refractivity contribution in [2.75, 3.05) is 0 Å². The summed E-state index contributed by atoms with van der Waals surface area (Å²) in [6.45, 7) is 0. The minimum atomic E-state index is -0.768. The van der Waals surface area contributed by atoms with Crippen LogP contribution in [-0.4, -0.2) is 23.0 Å². The number of carboxylic acid groups (broad SMARTS) is 1. The molecule has 4 nitrogen and oxygen atoms in total. The SMILES string of the molecule is O=C(NC1CCCCC1C(=O)O)C1CC1. The molecule has 0 aromatic heterocycles. The van der Waals surface area contributed by atoms with E-state index >= 15 is 0 Å². The van der Waals surface area contributed by atoms with Gasteiger partial charge in [0.25, 0.3) is 0 Å². The molecule has 0 heterocycles. The highest BCUT2D eigenvalue weighted by atomic mass is 16.4. The summed E-state index contributed by atoms with van der Waals surface area (Å²) in [4.78, 5) is 22.5. The van der Waals surface area contributed by atoms with Crippen LogP contribution < -0.4 is 5.32 Å². The molecule has 0 bridgehead atoms. The van der Waals surface area contributed by atoms with E-state index in [2.05, 4.69) is 5.32 Å². The summed E-state index contributed by atoms with van der Waals surface area (Å²) in [5.74, 6) is -0.910. The number of hydrogen-bond acceptors (Lipinski definition) is 2. The van der Waals surface area contributed by atoms with Crippen molar-refractivity contribution < 1.29 is 14.7 Å². The first-order valence-electron chi connectivity index (χ1n) is 5.71. The molecule has 2 rings (SSSR count). The van der Waals surface area contributed by atoms with Crippen molar-refractivity contribution >= 4 is 11.9 Å². The van der Waals surface area contributed by atoms with Crippen LogP contribution in [0.4, 0.5) is 0 Å². The number of carbonyl (C=O) groups is 2. The van der Waals surface area contributed by atoms with Crippen LogP contribution in [0, 0.1) is 11.8 Å². The Morgan fingerprint density at radius 1 is 1.07 bits per heavy atom. The third kappa shape index (κ3) is 2.49. The minimum absolute atomic E-state index is 0.0631. The normalized spacial score (nSPS) is 30.9. The van der Waals surface area contributed by atoms with Gasteiger partial charge >= 0.3 is 5.97 Å². The monoisotopic (exact) mass is 211 g/mol. The summed E-state index contributed by atoms with van der Waals surface area (Å²) in [6, 6.07) is -0.135. The van der Waals surface area contributed by atoms with E-state index in [9.17, 15) is 9.59 Å². The highest BCUT2D eigenvalue weighted by Crippen LogP contribution is 2.31. The second-order valence-corrected chi connectivity index (χ2v) is 4.62. The molecule has 2 atom stereocenters. The molecule has 2 fully saturated rings. The third-order valence-electron chi connectivity index (χ3n) is 3.36. The van der Waals surface area contributed by atoms with Gasteiger partial charge in [0.05, 0.1) is 5.92 Å². The van der Waals surface area contributed by atoms with Gasteiger partial charge in [-0.05, 0) is 25.7 Å². The highest BCUT2D eigenvalue weighted by molar-refractivity contribution is 5.82. The lowest BCUT2D eigenvalue weighted by Crippen LogP contribution is -2.45. The lowest BCUT2D eigenvalue weighted by atomic mass is 9.84. The Morgan fingerprint density at radius 2 is 1.73 bits per heavy atom. The Morgan fingerprint density at radius 3 is 2.33 bits per heavy atom. The molecule has 0 spiro atoms. The van der Waals surface area contributed by atoms with E-state index in [4.69, 9.17) is 5.11 Å².